The maximum absolute atomic E-state index is 8.79. The Morgan fingerprint density at radius 3 is 2.69 bits per heavy atom. The fourth-order valence-corrected chi connectivity index (χ4v) is 0.950. The summed E-state index contributed by atoms with van der Waals surface area (Å²) in [4.78, 5) is 4.10. The van der Waals surface area contributed by atoms with Crippen molar-refractivity contribution in [3.63, 3.8) is 0 Å². The van der Waals surface area contributed by atoms with Crippen LogP contribution in [0.3, 0.4) is 0 Å². The van der Waals surface area contributed by atoms with Crippen LogP contribution in [-0.2, 0) is 0 Å². The number of hydrogen-bond acceptors (Lipinski definition) is 3. The number of pyridine rings is 1. The topological polar surface area (TPSA) is 48.7 Å². The second-order valence-corrected chi connectivity index (χ2v) is 3.89. The van der Waals surface area contributed by atoms with Crippen LogP contribution in [0.5, 0.6) is 0 Å². The van der Waals surface area contributed by atoms with Gasteiger partial charge in [-0.3, -0.25) is 0 Å². The van der Waals surface area contributed by atoms with Crippen molar-refractivity contribution in [2.24, 2.45) is 0 Å². The summed E-state index contributed by atoms with van der Waals surface area (Å²) in [6, 6.07) is 5.60. The van der Waals surface area contributed by atoms with Crippen LogP contribution in [0, 0.1) is 11.3 Å². The minimum absolute atomic E-state index is 0.0695. The molecule has 0 radical (unpaired) electrons. The monoisotopic (exact) mass is 175 g/mol. The minimum Gasteiger partial charge on any atom is -0.364 e. The molecule has 1 heterocycles. The summed E-state index contributed by atoms with van der Waals surface area (Å²) in [5.74, 6) is 0.650. The zero-order chi connectivity index (χ0) is 9.90. The Balaban J connectivity index is 2.96. The van der Waals surface area contributed by atoms with E-state index < -0.39 is 0 Å². The van der Waals surface area contributed by atoms with Crippen molar-refractivity contribution in [3.05, 3.63) is 23.9 Å². The van der Waals surface area contributed by atoms with Gasteiger partial charge in [-0.1, -0.05) is 0 Å². The summed E-state index contributed by atoms with van der Waals surface area (Å²) in [5, 5.41) is 12.0. The van der Waals surface area contributed by atoms with Crippen molar-refractivity contribution >= 4 is 5.82 Å². The van der Waals surface area contributed by atoms with Gasteiger partial charge in [-0.2, -0.15) is 5.26 Å². The molecule has 1 N–H and O–H groups in total. The van der Waals surface area contributed by atoms with Crippen LogP contribution in [0.2, 0.25) is 0 Å². The molecule has 0 saturated carbocycles. The molecule has 0 aromatic carbocycles. The highest BCUT2D eigenvalue weighted by Gasteiger charge is 2.12. The first-order chi connectivity index (χ1) is 6.03. The number of nitriles is 1. The number of rotatable bonds is 1. The fraction of sp³-hybridized carbons (Fsp3) is 0.400. The van der Waals surface area contributed by atoms with E-state index in [1.165, 1.54) is 0 Å². The molecule has 1 rings (SSSR count). The van der Waals surface area contributed by atoms with Gasteiger partial charge in [-0.05, 0) is 32.9 Å². The first-order valence-corrected chi connectivity index (χ1v) is 4.16. The highest BCUT2D eigenvalue weighted by molar-refractivity contribution is 5.52. The van der Waals surface area contributed by atoms with E-state index in [4.69, 9.17) is 5.26 Å². The molecule has 13 heavy (non-hydrogen) atoms. The average molecular weight is 175 g/mol. The van der Waals surface area contributed by atoms with Gasteiger partial charge in [0.1, 0.15) is 11.9 Å². The van der Waals surface area contributed by atoms with Crippen LogP contribution in [0.1, 0.15) is 26.3 Å². The normalized spacial score (nSPS) is 10.6. The Morgan fingerprint density at radius 2 is 2.15 bits per heavy atom. The maximum Gasteiger partial charge on any atom is 0.144 e. The third-order valence-corrected chi connectivity index (χ3v) is 1.42. The molecular formula is C10H13N3. The lowest BCUT2D eigenvalue weighted by Crippen LogP contribution is -2.27. The quantitative estimate of drug-likeness (QED) is 0.711. The van der Waals surface area contributed by atoms with Crippen molar-refractivity contribution in [3.8, 4) is 6.07 Å². The molecule has 0 bridgehead atoms. The van der Waals surface area contributed by atoms with Gasteiger partial charge in [0.2, 0.25) is 0 Å². The van der Waals surface area contributed by atoms with E-state index in [0.29, 0.717) is 11.4 Å². The second kappa shape index (κ2) is 3.44. The van der Waals surface area contributed by atoms with Crippen LogP contribution >= 0.6 is 0 Å². The molecular weight excluding hydrogens is 162 g/mol. The van der Waals surface area contributed by atoms with Crippen molar-refractivity contribution in [2.75, 3.05) is 5.32 Å². The highest BCUT2D eigenvalue weighted by atomic mass is 15.0. The van der Waals surface area contributed by atoms with Crippen molar-refractivity contribution < 1.29 is 0 Å². The standard InChI is InChI=1S/C10H13N3/c1-10(2,3)13-9-8(7-11)5-4-6-12-9/h4-6H,1-3H3,(H,12,13). The van der Waals surface area contributed by atoms with Crippen LogP contribution in [0.4, 0.5) is 5.82 Å². The Hall–Kier alpha value is -1.56. The molecule has 0 unspecified atom stereocenters. The van der Waals surface area contributed by atoms with E-state index in [-0.39, 0.29) is 5.54 Å². The van der Waals surface area contributed by atoms with Crippen molar-refractivity contribution in [1.29, 1.82) is 5.26 Å². The lowest BCUT2D eigenvalue weighted by Gasteiger charge is -2.21. The summed E-state index contributed by atoms with van der Waals surface area (Å²) >= 11 is 0. The number of aromatic nitrogens is 1. The molecule has 3 heteroatoms. The van der Waals surface area contributed by atoms with Crippen LogP contribution in [0.15, 0.2) is 18.3 Å². The second-order valence-electron chi connectivity index (χ2n) is 3.89. The summed E-state index contributed by atoms with van der Waals surface area (Å²) in [6.07, 6.45) is 1.68. The predicted octanol–water partition coefficient (Wildman–Crippen LogP) is 2.16. The summed E-state index contributed by atoms with van der Waals surface area (Å²) < 4.78 is 0. The number of anilines is 1. The van der Waals surface area contributed by atoms with E-state index in [0.717, 1.165) is 0 Å². The summed E-state index contributed by atoms with van der Waals surface area (Å²) in [7, 11) is 0. The van der Waals surface area contributed by atoms with E-state index in [1.54, 1.807) is 18.3 Å². The van der Waals surface area contributed by atoms with Crippen LogP contribution < -0.4 is 5.32 Å². The first kappa shape index (κ1) is 9.53. The van der Waals surface area contributed by atoms with Crippen LogP contribution in [-0.4, -0.2) is 10.5 Å². The van der Waals surface area contributed by atoms with E-state index >= 15 is 0 Å². The summed E-state index contributed by atoms with van der Waals surface area (Å²) in [6.45, 7) is 6.09. The molecule has 1 aromatic heterocycles. The maximum atomic E-state index is 8.79. The average Bonchev–Trinajstić information content (AvgIpc) is 2.02. The molecule has 0 fully saturated rings. The van der Waals surface area contributed by atoms with Crippen molar-refractivity contribution in [2.45, 2.75) is 26.3 Å². The molecule has 1 aromatic rings. The van der Waals surface area contributed by atoms with E-state index in [9.17, 15) is 0 Å². The molecule has 68 valence electrons. The fourth-order valence-electron chi connectivity index (χ4n) is 0.950. The molecule has 0 amide bonds. The molecule has 0 aliphatic heterocycles. The third-order valence-electron chi connectivity index (χ3n) is 1.42. The van der Waals surface area contributed by atoms with Gasteiger partial charge in [0, 0.05) is 11.7 Å². The van der Waals surface area contributed by atoms with Gasteiger partial charge >= 0.3 is 0 Å². The van der Waals surface area contributed by atoms with Gasteiger partial charge in [0.25, 0.3) is 0 Å². The zero-order valence-electron chi connectivity index (χ0n) is 8.13. The van der Waals surface area contributed by atoms with E-state index in [2.05, 4.69) is 16.4 Å². The molecule has 0 atom stereocenters. The molecule has 0 aliphatic rings. The molecule has 0 spiro atoms. The first-order valence-electron chi connectivity index (χ1n) is 4.16. The Kier molecular flexibility index (Phi) is 2.52. The van der Waals surface area contributed by atoms with Gasteiger partial charge < -0.3 is 5.32 Å². The zero-order valence-corrected chi connectivity index (χ0v) is 8.13. The molecule has 0 aliphatic carbocycles. The Labute approximate surface area is 78.4 Å². The van der Waals surface area contributed by atoms with Crippen molar-refractivity contribution in [1.82, 2.24) is 4.98 Å². The molecule has 3 nitrogen and oxygen atoms in total. The number of nitrogens with zero attached hydrogens (tertiary/aromatic N) is 2. The summed E-state index contributed by atoms with van der Waals surface area (Å²) in [5.41, 5.74) is 0.511. The van der Waals surface area contributed by atoms with Gasteiger partial charge in [-0.25, -0.2) is 4.98 Å². The van der Waals surface area contributed by atoms with Gasteiger partial charge in [-0.15, -0.1) is 0 Å². The van der Waals surface area contributed by atoms with E-state index in [1.807, 2.05) is 20.8 Å². The largest absolute Gasteiger partial charge is 0.364 e. The lowest BCUT2D eigenvalue weighted by molar-refractivity contribution is 0.630. The number of nitrogens with one attached hydrogen (secondary N) is 1. The minimum atomic E-state index is -0.0695. The molecule has 0 saturated heterocycles. The number of hydrogen-bond donors (Lipinski definition) is 1. The van der Waals surface area contributed by atoms with Crippen LogP contribution in [0.25, 0.3) is 0 Å². The third kappa shape index (κ3) is 2.75. The Morgan fingerprint density at radius 1 is 1.46 bits per heavy atom. The SMILES string of the molecule is CC(C)(C)Nc1ncccc1C#N. The predicted molar refractivity (Wildman–Crippen MR) is 52.3 cm³/mol. The van der Waals surface area contributed by atoms with Gasteiger partial charge in [0.15, 0.2) is 0 Å². The smallest absolute Gasteiger partial charge is 0.144 e. The highest BCUT2D eigenvalue weighted by Crippen LogP contribution is 2.15. The van der Waals surface area contributed by atoms with Gasteiger partial charge in [0.05, 0.1) is 5.56 Å². The lowest BCUT2D eigenvalue weighted by atomic mass is 10.1. The Bertz CT molecular complexity index is 331.